The third kappa shape index (κ3) is 4.08. The van der Waals surface area contributed by atoms with Crippen molar-refractivity contribution in [3.05, 3.63) is 18.0 Å². The first-order valence-corrected chi connectivity index (χ1v) is 11.1. The number of piperidine rings is 1. The Morgan fingerprint density at radius 2 is 1.64 bits per heavy atom. The van der Waals surface area contributed by atoms with Crippen LogP contribution in [0, 0.1) is 11.8 Å². The molecule has 3 saturated heterocycles. The predicted molar refractivity (Wildman–Crippen MR) is 111 cm³/mol. The lowest BCUT2D eigenvalue weighted by atomic mass is 9.87. The van der Waals surface area contributed by atoms with Crippen molar-refractivity contribution in [1.82, 2.24) is 19.8 Å². The van der Waals surface area contributed by atoms with Crippen LogP contribution < -0.4 is 4.90 Å². The maximum Gasteiger partial charge on any atom is 0.225 e. The van der Waals surface area contributed by atoms with E-state index in [2.05, 4.69) is 21.6 Å². The topological polar surface area (TPSA) is 52.6 Å². The molecule has 3 aliphatic heterocycles. The number of hydrogen-bond donors (Lipinski definition) is 0. The standard InChI is InChI=1S/C22H35N5O/c1-4-25-14-19-5-6-20(15-25)27(19)22-23-11-17(12-24-22)13-26-9-7-18(8-10-26)21(28)16(2)3/h11-12,16,18-20H,4-10,13-15H2,1-3H3. The molecule has 0 saturated carbocycles. The zero-order valence-corrected chi connectivity index (χ0v) is 17.7. The summed E-state index contributed by atoms with van der Waals surface area (Å²) in [5.74, 6) is 1.76. The lowest BCUT2D eigenvalue weighted by Crippen LogP contribution is -2.54. The molecule has 0 spiro atoms. The van der Waals surface area contributed by atoms with Crippen LogP contribution in [0.3, 0.4) is 0 Å². The molecule has 6 nitrogen and oxygen atoms in total. The summed E-state index contributed by atoms with van der Waals surface area (Å²) in [6, 6.07) is 1.14. The molecular formula is C22H35N5O. The van der Waals surface area contributed by atoms with Crippen molar-refractivity contribution in [3.63, 3.8) is 0 Å². The third-order valence-corrected chi connectivity index (χ3v) is 6.89. The summed E-state index contributed by atoms with van der Waals surface area (Å²) in [7, 11) is 0. The number of aromatic nitrogens is 2. The second-order valence-corrected chi connectivity index (χ2v) is 9.14. The Bertz CT molecular complexity index is 654. The minimum absolute atomic E-state index is 0.159. The summed E-state index contributed by atoms with van der Waals surface area (Å²) in [4.78, 5) is 29.1. The molecule has 154 valence electrons. The molecule has 3 aliphatic rings. The zero-order chi connectivity index (χ0) is 19.7. The van der Waals surface area contributed by atoms with Gasteiger partial charge in [-0.05, 0) is 45.3 Å². The van der Waals surface area contributed by atoms with Crippen LogP contribution in [0.1, 0.15) is 52.0 Å². The maximum atomic E-state index is 12.2. The molecular weight excluding hydrogens is 350 g/mol. The number of hydrogen-bond acceptors (Lipinski definition) is 6. The summed E-state index contributed by atoms with van der Waals surface area (Å²) in [5, 5.41) is 0. The van der Waals surface area contributed by atoms with Crippen LogP contribution in [0.15, 0.2) is 12.4 Å². The normalized spacial score (nSPS) is 26.9. The van der Waals surface area contributed by atoms with E-state index in [0.717, 1.165) is 58.1 Å². The van der Waals surface area contributed by atoms with Crippen molar-refractivity contribution in [2.75, 3.05) is 37.6 Å². The van der Waals surface area contributed by atoms with E-state index < -0.39 is 0 Å². The molecule has 0 aromatic carbocycles. The molecule has 2 atom stereocenters. The average molecular weight is 386 g/mol. The van der Waals surface area contributed by atoms with Crippen molar-refractivity contribution in [2.45, 2.75) is 65.1 Å². The van der Waals surface area contributed by atoms with Gasteiger partial charge in [0.05, 0.1) is 0 Å². The van der Waals surface area contributed by atoms with Gasteiger partial charge in [-0.15, -0.1) is 0 Å². The molecule has 2 bridgehead atoms. The summed E-state index contributed by atoms with van der Waals surface area (Å²) in [5.41, 5.74) is 1.18. The lowest BCUT2D eigenvalue weighted by Gasteiger charge is -2.40. The maximum absolute atomic E-state index is 12.2. The molecule has 28 heavy (non-hydrogen) atoms. The van der Waals surface area contributed by atoms with Gasteiger partial charge in [0, 0.05) is 61.5 Å². The number of Topliss-reactive ketones (excluding diaryl/α,β-unsaturated/α-hetero) is 1. The van der Waals surface area contributed by atoms with Crippen molar-refractivity contribution in [1.29, 1.82) is 0 Å². The highest BCUT2D eigenvalue weighted by Crippen LogP contribution is 2.32. The monoisotopic (exact) mass is 385 g/mol. The van der Waals surface area contributed by atoms with Gasteiger partial charge in [0.1, 0.15) is 5.78 Å². The number of carbonyl (C=O) groups is 1. The van der Waals surface area contributed by atoms with Crippen LogP contribution in [0.5, 0.6) is 0 Å². The molecule has 1 aromatic heterocycles. The number of anilines is 1. The Morgan fingerprint density at radius 3 is 2.18 bits per heavy atom. The van der Waals surface area contributed by atoms with Crippen molar-refractivity contribution < 1.29 is 4.79 Å². The highest BCUT2D eigenvalue weighted by Gasteiger charge is 2.40. The molecule has 0 radical (unpaired) electrons. The first kappa shape index (κ1) is 19.8. The van der Waals surface area contributed by atoms with E-state index in [1.165, 1.54) is 18.4 Å². The van der Waals surface area contributed by atoms with Crippen LogP contribution >= 0.6 is 0 Å². The van der Waals surface area contributed by atoms with E-state index >= 15 is 0 Å². The molecule has 1 aromatic rings. The van der Waals surface area contributed by atoms with Gasteiger partial charge in [0.15, 0.2) is 0 Å². The quantitative estimate of drug-likeness (QED) is 0.750. The summed E-state index contributed by atoms with van der Waals surface area (Å²) in [6.07, 6.45) is 8.52. The summed E-state index contributed by atoms with van der Waals surface area (Å²) < 4.78 is 0. The minimum Gasteiger partial charge on any atom is -0.332 e. The zero-order valence-electron chi connectivity index (χ0n) is 17.7. The van der Waals surface area contributed by atoms with Crippen LogP contribution in [0.4, 0.5) is 5.95 Å². The van der Waals surface area contributed by atoms with Crippen molar-refractivity contribution in [2.24, 2.45) is 11.8 Å². The number of likely N-dealkylation sites (N-methyl/N-ethyl adjacent to an activating group) is 1. The van der Waals surface area contributed by atoms with Crippen LogP contribution in [-0.2, 0) is 11.3 Å². The second kappa shape index (κ2) is 8.46. The van der Waals surface area contributed by atoms with Gasteiger partial charge in [0.25, 0.3) is 0 Å². The Morgan fingerprint density at radius 1 is 1.04 bits per heavy atom. The third-order valence-electron chi connectivity index (χ3n) is 6.89. The van der Waals surface area contributed by atoms with Gasteiger partial charge in [-0.25, -0.2) is 9.97 Å². The van der Waals surface area contributed by atoms with Gasteiger partial charge >= 0.3 is 0 Å². The molecule has 0 aliphatic carbocycles. The van der Waals surface area contributed by atoms with E-state index in [4.69, 9.17) is 9.97 Å². The number of carbonyl (C=O) groups excluding carboxylic acids is 1. The SMILES string of the molecule is CCN1CC2CCC(C1)N2c1ncc(CN2CCC(C(=O)C(C)C)CC2)cn1. The number of piperazine rings is 1. The van der Waals surface area contributed by atoms with Gasteiger partial charge in [-0.3, -0.25) is 14.6 Å². The number of nitrogens with zero attached hydrogens (tertiary/aromatic N) is 5. The molecule has 3 fully saturated rings. The second-order valence-electron chi connectivity index (χ2n) is 9.14. The minimum atomic E-state index is 0.159. The fourth-order valence-corrected chi connectivity index (χ4v) is 5.24. The Labute approximate surface area is 169 Å². The largest absolute Gasteiger partial charge is 0.332 e. The molecule has 6 heteroatoms. The fourth-order valence-electron chi connectivity index (χ4n) is 5.24. The number of rotatable bonds is 6. The smallest absolute Gasteiger partial charge is 0.225 e. The summed E-state index contributed by atoms with van der Waals surface area (Å²) in [6.45, 7) is 12.6. The molecule has 0 N–H and O–H groups in total. The lowest BCUT2D eigenvalue weighted by molar-refractivity contribution is -0.127. The number of ketones is 1. The van der Waals surface area contributed by atoms with Crippen molar-refractivity contribution in [3.8, 4) is 0 Å². The van der Waals surface area contributed by atoms with E-state index in [0.29, 0.717) is 17.9 Å². The van der Waals surface area contributed by atoms with Crippen LogP contribution in [0.2, 0.25) is 0 Å². The van der Waals surface area contributed by atoms with E-state index in [1.54, 1.807) is 0 Å². The Balaban J connectivity index is 1.32. The fraction of sp³-hybridized carbons (Fsp3) is 0.773. The predicted octanol–water partition coefficient (Wildman–Crippen LogP) is 2.59. The number of fused-ring (bicyclic) bond motifs is 2. The average Bonchev–Trinajstić information content (AvgIpc) is 2.98. The first-order valence-electron chi connectivity index (χ1n) is 11.1. The van der Waals surface area contributed by atoms with E-state index in [-0.39, 0.29) is 11.8 Å². The van der Waals surface area contributed by atoms with Gasteiger partial charge in [0.2, 0.25) is 5.95 Å². The van der Waals surface area contributed by atoms with Crippen LogP contribution in [-0.4, -0.2) is 70.4 Å². The van der Waals surface area contributed by atoms with Gasteiger partial charge in [-0.1, -0.05) is 20.8 Å². The van der Waals surface area contributed by atoms with Gasteiger partial charge in [-0.2, -0.15) is 0 Å². The Hall–Kier alpha value is -1.53. The Kier molecular flexibility index (Phi) is 5.97. The highest BCUT2D eigenvalue weighted by molar-refractivity contribution is 5.82. The van der Waals surface area contributed by atoms with E-state index in [9.17, 15) is 4.79 Å². The molecule has 4 rings (SSSR count). The number of likely N-dealkylation sites (tertiary alicyclic amines) is 2. The summed E-state index contributed by atoms with van der Waals surface area (Å²) >= 11 is 0. The molecule has 0 amide bonds. The van der Waals surface area contributed by atoms with E-state index in [1.807, 2.05) is 26.2 Å². The van der Waals surface area contributed by atoms with Crippen LogP contribution in [0.25, 0.3) is 0 Å². The molecule has 2 unspecified atom stereocenters. The highest BCUT2D eigenvalue weighted by atomic mass is 16.1. The van der Waals surface area contributed by atoms with Crippen molar-refractivity contribution >= 4 is 11.7 Å². The first-order chi connectivity index (χ1) is 13.5. The van der Waals surface area contributed by atoms with Gasteiger partial charge < -0.3 is 4.90 Å². The molecule has 4 heterocycles.